The van der Waals surface area contributed by atoms with Gasteiger partial charge in [-0.2, -0.15) is 0 Å². The molecule has 0 radical (unpaired) electrons. The zero-order chi connectivity index (χ0) is 21.4. The molecule has 5 fully saturated rings. The van der Waals surface area contributed by atoms with E-state index in [9.17, 15) is 9.59 Å². The highest BCUT2D eigenvalue weighted by molar-refractivity contribution is 5.95. The van der Waals surface area contributed by atoms with Crippen molar-refractivity contribution in [3.05, 3.63) is 0 Å². The Morgan fingerprint density at radius 2 is 1.58 bits per heavy atom. The number of hydrogen-bond donors (Lipinski definition) is 1. The normalized spacial score (nSPS) is 38.0. The number of carbonyl (C=O) groups excluding carboxylic acids is 2. The van der Waals surface area contributed by atoms with Crippen molar-refractivity contribution in [2.24, 2.45) is 11.8 Å². The molecule has 2 saturated heterocycles. The number of amides is 2. The van der Waals surface area contributed by atoms with Crippen LogP contribution in [0.1, 0.15) is 103 Å². The van der Waals surface area contributed by atoms with E-state index in [4.69, 9.17) is 0 Å². The SMILES string of the molecule is CC1(C(=O)NC2CCCCC2)CN2C(CC3CCCCC32)C(=O)N1CC1CCCCC1. The molecule has 5 aliphatic rings. The van der Waals surface area contributed by atoms with Gasteiger partial charge in [0.15, 0.2) is 0 Å². The summed E-state index contributed by atoms with van der Waals surface area (Å²) in [6.07, 6.45) is 18.3. The number of rotatable bonds is 4. The highest BCUT2D eigenvalue weighted by Gasteiger charge is 2.57. The van der Waals surface area contributed by atoms with Crippen molar-refractivity contribution in [1.82, 2.24) is 15.1 Å². The minimum Gasteiger partial charge on any atom is -0.351 e. The number of carbonyl (C=O) groups is 2. The topological polar surface area (TPSA) is 52.7 Å². The van der Waals surface area contributed by atoms with E-state index in [0.29, 0.717) is 23.9 Å². The molecule has 4 unspecified atom stereocenters. The van der Waals surface area contributed by atoms with Gasteiger partial charge in [-0.25, -0.2) is 0 Å². The second-order valence-electron chi connectivity index (χ2n) is 11.6. The molecule has 0 bridgehead atoms. The first-order valence-corrected chi connectivity index (χ1v) is 13.4. The van der Waals surface area contributed by atoms with E-state index in [1.807, 2.05) is 0 Å². The molecule has 5 nitrogen and oxygen atoms in total. The van der Waals surface area contributed by atoms with Gasteiger partial charge in [0.25, 0.3) is 0 Å². The molecule has 2 heterocycles. The lowest BCUT2D eigenvalue weighted by Gasteiger charge is -2.52. The standard InChI is InChI=1S/C26H43N3O2/c1-26(25(31)27-21-13-6-3-7-14-21)18-28-22-15-9-8-12-20(22)16-23(28)24(30)29(26)17-19-10-4-2-5-11-19/h19-23H,2-18H2,1H3,(H,27,31). The van der Waals surface area contributed by atoms with Gasteiger partial charge < -0.3 is 10.2 Å². The van der Waals surface area contributed by atoms with Crippen molar-refractivity contribution in [2.75, 3.05) is 13.1 Å². The third-order valence-corrected chi connectivity index (χ3v) is 9.45. The predicted octanol–water partition coefficient (Wildman–Crippen LogP) is 4.25. The Kier molecular flexibility index (Phi) is 6.33. The zero-order valence-electron chi connectivity index (χ0n) is 19.6. The number of hydrogen-bond acceptors (Lipinski definition) is 3. The molecule has 2 amide bonds. The van der Waals surface area contributed by atoms with Crippen molar-refractivity contribution in [3.8, 4) is 0 Å². The third-order valence-electron chi connectivity index (χ3n) is 9.45. The molecule has 0 aromatic carbocycles. The first-order chi connectivity index (χ1) is 15.1. The van der Waals surface area contributed by atoms with Gasteiger partial charge in [0.05, 0.1) is 6.04 Å². The summed E-state index contributed by atoms with van der Waals surface area (Å²) < 4.78 is 0. The van der Waals surface area contributed by atoms with Crippen LogP contribution in [0.3, 0.4) is 0 Å². The Morgan fingerprint density at radius 1 is 0.935 bits per heavy atom. The molecule has 2 aliphatic heterocycles. The van der Waals surface area contributed by atoms with E-state index in [1.54, 1.807) is 0 Å². The quantitative estimate of drug-likeness (QED) is 0.727. The Balaban J connectivity index is 1.39. The average molecular weight is 430 g/mol. The van der Waals surface area contributed by atoms with E-state index < -0.39 is 5.54 Å². The maximum atomic E-state index is 13.9. The first kappa shape index (κ1) is 21.7. The van der Waals surface area contributed by atoms with Crippen molar-refractivity contribution < 1.29 is 9.59 Å². The van der Waals surface area contributed by atoms with E-state index in [-0.39, 0.29) is 17.9 Å². The predicted molar refractivity (Wildman–Crippen MR) is 123 cm³/mol. The molecule has 3 saturated carbocycles. The number of nitrogens with one attached hydrogen (secondary N) is 1. The highest BCUT2D eigenvalue weighted by Crippen LogP contribution is 2.44. The summed E-state index contributed by atoms with van der Waals surface area (Å²) in [6.45, 7) is 3.60. The van der Waals surface area contributed by atoms with Crippen LogP contribution in [-0.4, -0.2) is 58.4 Å². The summed E-state index contributed by atoms with van der Waals surface area (Å²) in [5.41, 5.74) is -0.727. The summed E-state index contributed by atoms with van der Waals surface area (Å²) in [4.78, 5) is 32.3. The van der Waals surface area contributed by atoms with E-state index in [2.05, 4.69) is 22.0 Å². The van der Waals surface area contributed by atoms with Crippen LogP contribution in [0.2, 0.25) is 0 Å². The van der Waals surface area contributed by atoms with Gasteiger partial charge in [-0.3, -0.25) is 14.5 Å². The third kappa shape index (κ3) is 4.16. The lowest BCUT2D eigenvalue weighted by atomic mass is 9.84. The minimum atomic E-state index is -0.727. The van der Waals surface area contributed by atoms with Gasteiger partial charge in [0, 0.05) is 25.2 Å². The Bertz CT molecular complexity index is 670. The van der Waals surface area contributed by atoms with Gasteiger partial charge in [-0.1, -0.05) is 51.4 Å². The lowest BCUT2D eigenvalue weighted by Crippen LogP contribution is -2.72. The van der Waals surface area contributed by atoms with Gasteiger partial charge in [-0.05, 0) is 63.7 Å². The number of fused-ring (bicyclic) bond motifs is 3. The average Bonchev–Trinajstić information content (AvgIpc) is 3.16. The van der Waals surface area contributed by atoms with Crippen LogP contribution in [0.25, 0.3) is 0 Å². The smallest absolute Gasteiger partial charge is 0.247 e. The molecular formula is C26H43N3O2. The van der Waals surface area contributed by atoms with Crippen molar-refractivity contribution in [1.29, 1.82) is 0 Å². The van der Waals surface area contributed by atoms with Crippen LogP contribution >= 0.6 is 0 Å². The number of piperazine rings is 1. The molecule has 5 heteroatoms. The molecule has 31 heavy (non-hydrogen) atoms. The second kappa shape index (κ2) is 9.03. The van der Waals surface area contributed by atoms with E-state index in [0.717, 1.165) is 32.4 Å². The molecular weight excluding hydrogens is 386 g/mol. The maximum Gasteiger partial charge on any atom is 0.247 e. The molecule has 0 aromatic rings. The van der Waals surface area contributed by atoms with Crippen LogP contribution in [0, 0.1) is 11.8 Å². The molecule has 5 rings (SSSR count). The van der Waals surface area contributed by atoms with E-state index >= 15 is 0 Å². The van der Waals surface area contributed by atoms with Crippen LogP contribution in [0.5, 0.6) is 0 Å². The number of nitrogens with zero attached hydrogens (tertiary/aromatic N) is 2. The maximum absolute atomic E-state index is 13.9. The fourth-order valence-corrected chi connectivity index (χ4v) is 7.59. The van der Waals surface area contributed by atoms with Crippen LogP contribution in [0.4, 0.5) is 0 Å². The molecule has 3 aliphatic carbocycles. The molecule has 0 spiro atoms. The van der Waals surface area contributed by atoms with E-state index in [1.165, 1.54) is 77.0 Å². The van der Waals surface area contributed by atoms with Crippen molar-refractivity contribution >= 4 is 11.8 Å². The van der Waals surface area contributed by atoms with Gasteiger partial charge in [0.1, 0.15) is 5.54 Å². The fourth-order valence-electron chi connectivity index (χ4n) is 7.59. The van der Waals surface area contributed by atoms with Crippen LogP contribution in [0.15, 0.2) is 0 Å². The molecule has 174 valence electrons. The van der Waals surface area contributed by atoms with Crippen molar-refractivity contribution in [2.45, 2.75) is 127 Å². The molecule has 0 aromatic heterocycles. The van der Waals surface area contributed by atoms with Crippen molar-refractivity contribution in [3.63, 3.8) is 0 Å². The Labute approximate surface area is 188 Å². The van der Waals surface area contributed by atoms with Crippen LogP contribution < -0.4 is 5.32 Å². The highest BCUT2D eigenvalue weighted by atomic mass is 16.2. The summed E-state index contributed by atoms with van der Waals surface area (Å²) in [5.74, 6) is 1.59. The minimum absolute atomic E-state index is 0.0206. The molecule has 4 atom stereocenters. The van der Waals surface area contributed by atoms with Gasteiger partial charge >= 0.3 is 0 Å². The Hall–Kier alpha value is -1.10. The second-order valence-corrected chi connectivity index (χ2v) is 11.6. The Morgan fingerprint density at radius 3 is 2.32 bits per heavy atom. The zero-order valence-corrected chi connectivity index (χ0v) is 19.6. The van der Waals surface area contributed by atoms with Gasteiger partial charge in [0.2, 0.25) is 11.8 Å². The molecule has 1 N–H and O–H groups in total. The lowest BCUT2D eigenvalue weighted by molar-refractivity contribution is -0.162. The summed E-state index contributed by atoms with van der Waals surface area (Å²) in [7, 11) is 0. The largest absolute Gasteiger partial charge is 0.351 e. The summed E-state index contributed by atoms with van der Waals surface area (Å²) >= 11 is 0. The summed E-state index contributed by atoms with van der Waals surface area (Å²) in [5, 5.41) is 3.41. The van der Waals surface area contributed by atoms with Crippen LogP contribution in [-0.2, 0) is 9.59 Å². The monoisotopic (exact) mass is 429 g/mol. The fraction of sp³-hybridized carbons (Fsp3) is 0.923. The van der Waals surface area contributed by atoms with Gasteiger partial charge in [-0.15, -0.1) is 0 Å². The first-order valence-electron chi connectivity index (χ1n) is 13.4. The summed E-state index contributed by atoms with van der Waals surface area (Å²) in [6, 6.07) is 0.831.